The fraction of sp³-hybridized carbons (Fsp3) is 0.643. The number of hydrogen-bond acceptors (Lipinski definition) is 5. The largest absolute Gasteiger partial charge is 0.480 e. The lowest BCUT2D eigenvalue weighted by atomic mass is 9.85. The molecule has 0 aromatic heterocycles. The van der Waals surface area contributed by atoms with Gasteiger partial charge >= 0.3 is 11.9 Å². The molecule has 5 atom stereocenters. The highest BCUT2D eigenvalue weighted by molar-refractivity contribution is 7.88. The first kappa shape index (κ1) is 17.9. The predicted octanol–water partition coefficient (Wildman–Crippen LogP) is 0.493. The minimum absolute atomic E-state index is 0.161. The first-order chi connectivity index (χ1) is 10.8. The third-order valence-corrected chi connectivity index (χ3v) is 6.84. The summed E-state index contributed by atoms with van der Waals surface area (Å²) in [7, 11) is -0.316. The van der Waals surface area contributed by atoms with Crippen molar-refractivity contribution in [2.75, 3.05) is 12.9 Å². The van der Waals surface area contributed by atoms with Crippen LogP contribution >= 0.6 is 11.6 Å². The van der Waals surface area contributed by atoms with E-state index < -0.39 is 38.9 Å². The molecule has 2 aliphatic heterocycles. The Morgan fingerprint density at radius 3 is 2.74 bits per heavy atom. The molecule has 128 valence electrons. The summed E-state index contributed by atoms with van der Waals surface area (Å²) in [6, 6.07) is -1.66. The van der Waals surface area contributed by atoms with Crippen molar-refractivity contribution in [2.24, 2.45) is 5.92 Å². The maximum absolute atomic E-state index is 12.3. The number of carboxylic acid groups (broad SMARTS) is 1. The number of carbonyl (C=O) groups is 3. The smallest absolute Gasteiger partial charge is 0.330 e. The van der Waals surface area contributed by atoms with Crippen LogP contribution in [0, 0.1) is 5.92 Å². The second kappa shape index (κ2) is 6.60. The second-order valence-corrected chi connectivity index (χ2v) is 8.34. The molecule has 2 fully saturated rings. The number of fused-ring (bicyclic) bond motifs is 1. The Balaban J connectivity index is 2.18. The summed E-state index contributed by atoms with van der Waals surface area (Å²) >= 11 is 6.38. The summed E-state index contributed by atoms with van der Waals surface area (Å²) in [5.74, 6) is -2.35. The summed E-state index contributed by atoms with van der Waals surface area (Å²) in [5, 5.41) is 9.41. The van der Waals surface area contributed by atoms with Crippen LogP contribution in [0.25, 0.3) is 0 Å². The van der Waals surface area contributed by atoms with Crippen LogP contribution in [-0.4, -0.2) is 61.2 Å². The van der Waals surface area contributed by atoms with Gasteiger partial charge in [-0.2, -0.15) is 0 Å². The van der Waals surface area contributed by atoms with Crippen LogP contribution < -0.4 is 0 Å². The fourth-order valence-corrected chi connectivity index (χ4v) is 5.18. The van der Waals surface area contributed by atoms with Crippen molar-refractivity contribution in [2.45, 2.75) is 36.1 Å². The molecule has 7 nitrogen and oxygen atoms in total. The predicted molar refractivity (Wildman–Crippen MR) is 83.2 cm³/mol. The van der Waals surface area contributed by atoms with Gasteiger partial charge < -0.3 is 14.7 Å². The molecule has 0 aliphatic carbocycles. The summed E-state index contributed by atoms with van der Waals surface area (Å²) in [5.41, 5.74) is 0. The van der Waals surface area contributed by atoms with E-state index in [1.807, 2.05) is 0 Å². The van der Waals surface area contributed by atoms with E-state index in [-0.39, 0.29) is 30.5 Å². The van der Waals surface area contributed by atoms with E-state index in [1.165, 1.54) is 24.2 Å². The molecule has 0 spiro atoms. The number of hydrogen-bond donors (Lipinski definition) is 1. The number of esters is 1. The van der Waals surface area contributed by atoms with Crippen LogP contribution in [0.5, 0.6) is 0 Å². The number of allylic oxidation sites excluding steroid dienone is 1. The van der Waals surface area contributed by atoms with Gasteiger partial charge in [0.2, 0.25) is 5.91 Å². The Labute approximate surface area is 141 Å². The lowest BCUT2D eigenvalue weighted by molar-refractivity contribution is -0.163. The van der Waals surface area contributed by atoms with Gasteiger partial charge in [-0.3, -0.25) is 9.00 Å². The Bertz CT molecular complexity index is 594. The van der Waals surface area contributed by atoms with Gasteiger partial charge in [0.25, 0.3) is 0 Å². The summed E-state index contributed by atoms with van der Waals surface area (Å²) < 4.78 is 15.2. The van der Waals surface area contributed by atoms with E-state index in [1.54, 1.807) is 6.92 Å². The van der Waals surface area contributed by atoms with E-state index in [0.717, 1.165) is 0 Å². The summed E-state index contributed by atoms with van der Waals surface area (Å²) in [6.07, 6.45) is 3.19. The third kappa shape index (κ3) is 2.89. The van der Waals surface area contributed by atoms with E-state index in [9.17, 15) is 23.7 Å². The average Bonchev–Trinajstić information content (AvgIpc) is 2.81. The van der Waals surface area contributed by atoms with Gasteiger partial charge in [0, 0.05) is 35.1 Å². The van der Waals surface area contributed by atoms with Crippen molar-refractivity contribution >= 4 is 40.2 Å². The van der Waals surface area contributed by atoms with Gasteiger partial charge in [-0.05, 0) is 6.42 Å². The zero-order valence-electron chi connectivity index (χ0n) is 12.7. The standard InChI is InChI=1S/C14H18ClNO6S/c1-3-23(21)14(15)7-9-8(5-4-6-10(17)22-2)12(18)16(9)11(14)13(19)20/h4,6,8-9,11H,3,5,7H2,1-2H3,(H,19,20)/b6-4+/t8?,9?,11-,14?,23?/m1/s1. The normalized spacial score (nSPS) is 34.1. The van der Waals surface area contributed by atoms with Crippen LogP contribution in [0.15, 0.2) is 12.2 Å². The topological polar surface area (TPSA) is 101 Å². The lowest BCUT2D eigenvalue weighted by Crippen LogP contribution is -2.62. The van der Waals surface area contributed by atoms with Crippen LogP contribution in [-0.2, 0) is 29.9 Å². The molecule has 2 saturated heterocycles. The van der Waals surface area contributed by atoms with Gasteiger partial charge in [-0.25, -0.2) is 9.59 Å². The van der Waals surface area contributed by atoms with Crippen molar-refractivity contribution < 1.29 is 28.4 Å². The fourth-order valence-electron chi connectivity index (χ4n) is 3.19. The molecule has 0 radical (unpaired) electrons. The molecule has 0 aromatic rings. The minimum Gasteiger partial charge on any atom is -0.480 e. The Morgan fingerprint density at radius 2 is 2.22 bits per heavy atom. The molecule has 23 heavy (non-hydrogen) atoms. The average molecular weight is 364 g/mol. The maximum atomic E-state index is 12.3. The highest BCUT2D eigenvalue weighted by atomic mass is 35.5. The van der Waals surface area contributed by atoms with Crippen LogP contribution in [0.1, 0.15) is 19.8 Å². The number of ether oxygens (including phenoxy) is 1. The first-order valence-corrected chi connectivity index (χ1v) is 8.84. The van der Waals surface area contributed by atoms with Crippen molar-refractivity contribution in [3.8, 4) is 0 Å². The Kier molecular flexibility index (Phi) is 5.15. The number of rotatable bonds is 6. The molecule has 2 heterocycles. The quantitative estimate of drug-likeness (QED) is 0.319. The number of alkyl halides is 1. The lowest BCUT2D eigenvalue weighted by Gasteiger charge is -2.44. The van der Waals surface area contributed by atoms with Gasteiger partial charge in [-0.1, -0.05) is 13.0 Å². The van der Waals surface area contributed by atoms with Crippen molar-refractivity contribution in [3.63, 3.8) is 0 Å². The number of aliphatic carboxylic acids is 1. The van der Waals surface area contributed by atoms with Gasteiger partial charge in [0.05, 0.1) is 13.0 Å². The highest BCUT2D eigenvalue weighted by Gasteiger charge is 2.67. The Hall–Kier alpha value is -1.41. The van der Waals surface area contributed by atoms with Crippen molar-refractivity contribution in [1.29, 1.82) is 0 Å². The third-order valence-electron chi connectivity index (χ3n) is 4.29. The molecule has 4 unspecified atom stereocenters. The number of carboxylic acids is 1. The maximum Gasteiger partial charge on any atom is 0.330 e. The SMILES string of the molecule is CCS(=O)C1(Cl)CC2C(C/C=C/C(=O)OC)C(=O)N2[C@@H]1C(=O)O. The number of β-lactam (4-membered cyclic amide) rings is 1. The van der Waals surface area contributed by atoms with Crippen LogP contribution in [0.2, 0.25) is 0 Å². The Morgan fingerprint density at radius 1 is 1.57 bits per heavy atom. The molecule has 0 saturated carbocycles. The molecule has 9 heteroatoms. The van der Waals surface area contributed by atoms with Gasteiger partial charge in [0.15, 0.2) is 10.2 Å². The van der Waals surface area contributed by atoms with E-state index in [4.69, 9.17) is 11.6 Å². The monoisotopic (exact) mass is 363 g/mol. The van der Waals surface area contributed by atoms with E-state index >= 15 is 0 Å². The number of methoxy groups -OCH3 is 1. The number of halogens is 1. The highest BCUT2D eigenvalue weighted by Crippen LogP contribution is 2.50. The zero-order chi connectivity index (χ0) is 17.4. The van der Waals surface area contributed by atoms with Crippen molar-refractivity contribution in [3.05, 3.63) is 12.2 Å². The van der Waals surface area contributed by atoms with E-state index in [2.05, 4.69) is 4.74 Å². The van der Waals surface area contributed by atoms with Gasteiger partial charge in [-0.15, -0.1) is 11.6 Å². The molecule has 2 aliphatic rings. The molecular weight excluding hydrogens is 346 g/mol. The summed E-state index contributed by atoms with van der Waals surface area (Å²) in [4.78, 5) is 36.1. The van der Waals surface area contributed by atoms with Crippen LogP contribution in [0.3, 0.4) is 0 Å². The van der Waals surface area contributed by atoms with E-state index in [0.29, 0.717) is 0 Å². The molecule has 1 N–H and O–H groups in total. The molecule has 2 rings (SSSR count). The second-order valence-electron chi connectivity index (χ2n) is 5.45. The molecular formula is C14H18ClNO6S. The van der Waals surface area contributed by atoms with Gasteiger partial charge in [0.1, 0.15) is 0 Å². The number of carbonyl (C=O) groups excluding carboxylic acids is 2. The van der Waals surface area contributed by atoms with Crippen LogP contribution in [0.4, 0.5) is 0 Å². The number of nitrogens with zero attached hydrogens (tertiary/aromatic N) is 1. The molecule has 1 amide bonds. The number of amides is 1. The zero-order valence-corrected chi connectivity index (χ0v) is 14.3. The molecule has 0 aromatic carbocycles. The molecule has 0 bridgehead atoms. The van der Waals surface area contributed by atoms with Crippen molar-refractivity contribution in [1.82, 2.24) is 4.90 Å². The first-order valence-electron chi connectivity index (χ1n) is 7.14. The summed E-state index contributed by atoms with van der Waals surface area (Å²) in [6.45, 7) is 1.66. The minimum atomic E-state index is -1.57.